The first-order chi connectivity index (χ1) is 24.1. The highest BCUT2D eigenvalue weighted by Crippen LogP contribution is 2.76. The number of hydrogen-bond donors (Lipinski definition) is 2. The minimum absolute atomic E-state index is 0.0145. The molecule has 6 nitrogen and oxygen atoms in total. The van der Waals surface area contributed by atoms with Crippen molar-refractivity contribution in [1.29, 1.82) is 0 Å². The van der Waals surface area contributed by atoms with Gasteiger partial charge in [-0.25, -0.2) is 0 Å². The molecule has 2 bridgehead atoms. The average molecular weight is 705 g/mol. The van der Waals surface area contributed by atoms with Crippen LogP contribution in [0.1, 0.15) is 139 Å². The summed E-state index contributed by atoms with van der Waals surface area (Å²) < 4.78 is 11.3. The van der Waals surface area contributed by atoms with Gasteiger partial charge in [0.15, 0.2) is 0 Å². The van der Waals surface area contributed by atoms with Gasteiger partial charge in [-0.2, -0.15) is 0 Å². The average Bonchev–Trinajstić information content (AvgIpc) is 3.80. The number of carbonyl (C=O) groups excluding carboxylic acids is 1. The number of rotatable bonds is 8. The van der Waals surface area contributed by atoms with E-state index in [2.05, 4.69) is 70.8 Å². The van der Waals surface area contributed by atoms with Crippen LogP contribution in [0.5, 0.6) is 0 Å². The molecule has 0 radical (unpaired) electrons. The normalized spacial score (nSPS) is 47.5. The number of nitrogens with zero attached hydrogens (tertiary/aromatic N) is 1. The molecule has 12 atom stereocenters. The fourth-order valence-corrected chi connectivity index (χ4v) is 15.6. The van der Waals surface area contributed by atoms with Crippen LogP contribution >= 0.6 is 0 Å². The summed E-state index contributed by atoms with van der Waals surface area (Å²) in [5, 5.41) is 16.1. The highest BCUT2D eigenvalue weighted by atomic mass is 16.5. The van der Waals surface area contributed by atoms with Gasteiger partial charge in [-0.1, -0.05) is 46.8 Å². The molecule has 2 saturated heterocycles. The summed E-state index contributed by atoms with van der Waals surface area (Å²) in [5.74, 6) is 2.92. The number of nitrogens with one attached hydrogen (secondary N) is 1. The van der Waals surface area contributed by atoms with Crippen LogP contribution in [0.25, 0.3) is 0 Å². The summed E-state index contributed by atoms with van der Waals surface area (Å²) in [4.78, 5) is 15.2. The standard InChI is InChI=1S/C45H72N2O4/c1-9-50-39(48)30-12-10-29(11-13-30)33-16-19-42(6)36(40(33,2)3)18-20-44(8)37(42)15-14-35-38-34(41(4,5)49)17-21-45(38,23-22-43(35,44)7)46-24-25-47-27-32-26-31(47)28-51-32/h10,16,30-32,34-38,46,49H,9,11-15,17-28H2,1-8H3. The summed E-state index contributed by atoms with van der Waals surface area (Å²) >= 11 is 0. The van der Waals surface area contributed by atoms with Crippen molar-refractivity contribution < 1.29 is 19.4 Å². The smallest absolute Gasteiger partial charge is 0.309 e. The van der Waals surface area contributed by atoms with Crippen molar-refractivity contribution in [2.45, 2.75) is 162 Å². The Labute approximate surface area is 310 Å². The lowest BCUT2D eigenvalue weighted by molar-refractivity contribution is -0.226. The van der Waals surface area contributed by atoms with Crippen molar-refractivity contribution in [3.63, 3.8) is 0 Å². The third kappa shape index (κ3) is 5.55. The summed E-state index contributed by atoms with van der Waals surface area (Å²) in [6.45, 7) is 24.1. The summed E-state index contributed by atoms with van der Waals surface area (Å²) in [6.07, 6.45) is 20.9. The highest BCUT2D eigenvalue weighted by molar-refractivity contribution is 5.73. The number of ether oxygens (including phenoxy) is 2. The number of likely N-dealkylation sites (tertiary alicyclic amines) is 1. The van der Waals surface area contributed by atoms with Gasteiger partial charge in [0.05, 0.1) is 30.8 Å². The van der Waals surface area contributed by atoms with Crippen LogP contribution in [0.2, 0.25) is 0 Å². The molecule has 6 heteroatoms. The van der Waals surface area contributed by atoms with E-state index in [9.17, 15) is 9.90 Å². The lowest BCUT2D eigenvalue weighted by atomic mass is 9.32. The van der Waals surface area contributed by atoms with E-state index in [1.807, 2.05) is 6.92 Å². The maximum Gasteiger partial charge on any atom is 0.309 e. The Kier molecular flexibility index (Phi) is 9.13. The van der Waals surface area contributed by atoms with Crippen LogP contribution in [0.15, 0.2) is 23.3 Å². The predicted molar refractivity (Wildman–Crippen MR) is 204 cm³/mol. The van der Waals surface area contributed by atoms with Gasteiger partial charge in [0.25, 0.3) is 0 Å². The molecule has 286 valence electrons. The zero-order chi connectivity index (χ0) is 36.2. The van der Waals surface area contributed by atoms with Crippen molar-refractivity contribution in [3.05, 3.63) is 23.3 Å². The van der Waals surface area contributed by atoms with Crippen LogP contribution in [0.4, 0.5) is 0 Å². The number of allylic oxidation sites excluding steroid dienone is 4. The molecule has 6 aliphatic carbocycles. The molecule has 8 rings (SSSR count). The van der Waals surface area contributed by atoms with Crippen molar-refractivity contribution in [1.82, 2.24) is 10.2 Å². The SMILES string of the molecule is CCOC(=O)C1CC=C(C2=CCC3(C)C(CCC4(C)C3CCC3C5C(C(C)(C)O)CCC5(NCCN5CC6CC5CO6)CCC34C)C2(C)C)CC1. The quantitative estimate of drug-likeness (QED) is 0.247. The molecule has 0 spiro atoms. The summed E-state index contributed by atoms with van der Waals surface area (Å²) in [6, 6.07) is 0.623. The van der Waals surface area contributed by atoms with Crippen molar-refractivity contribution >= 4 is 5.97 Å². The van der Waals surface area contributed by atoms with Gasteiger partial charge < -0.3 is 19.9 Å². The van der Waals surface area contributed by atoms with Gasteiger partial charge in [-0.05, 0) is 167 Å². The van der Waals surface area contributed by atoms with E-state index in [4.69, 9.17) is 9.47 Å². The highest BCUT2D eigenvalue weighted by Gasteiger charge is 2.71. The van der Waals surface area contributed by atoms with Gasteiger partial charge >= 0.3 is 5.97 Å². The minimum Gasteiger partial charge on any atom is -0.466 e. The van der Waals surface area contributed by atoms with Gasteiger partial charge in [0.1, 0.15) is 0 Å². The molecule has 51 heavy (non-hydrogen) atoms. The van der Waals surface area contributed by atoms with E-state index in [0.29, 0.717) is 53.8 Å². The largest absolute Gasteiger partial charge is 0.466 e. The topological polar surface area (TPSA) is 71.0 Å². The van der Waals surface area contributed by atoms with Crippen LogP contribution in [0, 0.1) is 57.2 Å². The van der Waals surface area contributed by atoms with E-state index in [1.165, 1.54) is 63.4 Å². The van der Waals surface area contributed by atoms with Crippen molar-refractivity contribution in [3.8, 4) is 0 Å². The number of morpholine rings is 1. The lowest BCUT2D eigenvalue weighted by Gasteiger charge is -2.72. The molecule has 6 fully saturated rings. The van der Waals surface area contributed by atoms with E-state index in [1.54, 1.807) is 5.57 Å². The van der Waals surface area contributed by atoms with Crippen LogP contribution in [-0.2, 0) is 14.3 Å². The first-order valence-electron chi connectivity index (χ1n) is 21.5. The second-order valence-corrected chi connectivity index (χ2v) is 20.9. The zero-order valence-corrected chi connectivity index (χ0v) is 33.6. The number of aliphatic hydroxyl groups is 1. The monoisotopic (exact) mass is 705 g/mol. The first kappa shape index (κ1) is 36.8. The zero-order valence-electron chi connectivity index (χ0n) is 33.6. The summed E-state index contributed by atoms with van der Waals surface area (Å²) in [5.41, 5.74) is 3.57. The molecular formula is C45H72N2O4. The van der Waals surface area contributed by atoms with Crippen LogP contribution in [0.3, 0.4) is 0 Å². The van der Waals surface area contributed by atoms with Crippen molar-refractivity contribution in [2.75, 3.05) is 32.8 Å². The number of fused-ring (bicyclic) bond motifs is 9. The molecule has 2 N–H and O–H groups in total. The molecule has 0 aromatic rings. The Morgan fingerprint density at radius 1 is 1.00 bits per heavy atom. The fourth-order valence-electron chi connectivity index (χ4n) is 15.6. The molecule has 2 heterocycles. The molecule has 0 aromatic carbocycles. The third-order valence-corrected chi connectivity index (χ3v) is 18.2. The number of carbonyl (C=O) groups is 1. The molecule has 0 amide bonds. The number of esters is 1. The van der Waals surface area contributed by atoms with Gasteiger partial charge in [-0.3, -0.25) is 9.69 Å². The molecule has 0 aromatic heterocycles. The van der Waals surface area contributed by atoms with Gasteiger partial charge in [0.2, 0.25) is 0 Å². The second-order valence-electron chi connectivity index (χ2n) is 20.9. The molecule has 8 aliphatic rings. The van der Waals surface area contributed by atoms with E-state index in [-0.39, 0.29) is 33.7 Å². The minimum atomic E-state index is -0.655. The van der Waals surface area contributed by atoms with Crippen molar-refractivity contribution in [2.24, 2.45) is 57.2 Å². The van der Waals surface area contributed by atoms with E-state index < -0.39 is 5.60 Å². The first-order valence-corrected chi connectivity index (χ1v) is 21.5. The lowest BCUT2D eigenvalue weighted by Crippen LogP contribution is -2.68. The predicted octanol–water partition coefficient (Wildman–Crippen LogP) is 8.48. The summed E-state index contributed by atoms with van der Waals surface area (Å²) in [7, 11) is 0. The Hall–Kier alpha value is -1.21. The Morgan fingerprint density at radius 2 is 1.80 bits per heavy atom. The van der Waals surface area contributed by atoms with Gasteiger partial charge in [0, 0.05) is 31.2 Å². The number of hydrogen-bond acceptors (Lipinski definition) is 6. The molecule has 12 unspecified atom stereocenters. The maximum absolute atomic E-state index is 12.5. The third-order valence-electron chi connectivity index (χ3n) is 18.2. The van der Waals surface area contributed by atoms with E-state index >= 15 is 0 Å². The van der Waals surface area contributed by atoms with E-state index in [0.717, 1.165) is 51.9 Å². The second kappa shape index (κ2) is 12.7. The Bertz CT molecular complexity index is 1430. The molecule has 2 aliphatic heterocycles. The van der Waals surface area contributed by atoms with Crippen LogP contribution < -0.4 is 5.32 Å². The molecular weight excluding hydrogens is 633 g/mol. The maximum atomic E-state index is 12.5. The Balaban J connectivity index is 1.04. The van der Waals surface area contributed by atoms with Crippen LogP contribution in [-0.4, -0.2) is 72.1 Å². The molecule has 4 saturated carbocycles. The fraction of sp³-hybridized carbons (Fsp3) is 0.889. The van der Waals surface area contributed by atoms with Gasteiger partial charge in [-0.15, -0.1) is 0 Å². The Morgan fingerprint density at radius 3 is 2.47 bits per heavy atom.